The van der Waals surface area contributed by atoms with E-state index in [-0.39, 0.29) is 16.7 Å². The van der Waals surface area contributed by atoms with Gasteiger partial charge in [-0.15, -0.1) is 0 Å². The number of carbonyl (C=O) groups is 1. The van der Waals surface area contributed by atoms with E-state index in [1.807, 2.05) is 65.6 Å². The maximum absolute atomic E-state index is 13.3. The van der Waals surface area contributed by atoms with Crippen LogP contribution >= 0.6 is 0 Å². The second-order valence-electron chi connectivity index (χ2n) is 8.18. The molecule has 6 heteroatoms. The number of amides is 1. The van der Waals surface area contributed by atoms with E-state index in [0.29, 0.717) is 13.0 Å². The molecule has 158 valence electrons. The lowest BCUT2D eigenvalue weighted by atomic mass is 10.00. The van der Waals surface area contributed by atoms with Crippen LogP contribution in [-0.2, 0) is 21.2 Å². The molecule has 1 N–H and O–H groups in total. The summed E-state index contributed by atoms with van der Waals surface area (Å²) in [6, 6.07) is 23.7. The average Bonchev–Trinajstić information content (AvgIpc) is 3.57. The van der Waals surface area contributed by atoms with E-state index in [1.165, 1.54) is 0 Å². The van der Waals surface area contributed by atoms with Gasteiger partial charge in [-0.3, -0.25) is 4.79 Å². The molecule has 1 amide bonds. The van der Waals surface area contributed by atoms with Crippen LogP contribution in [0.2, 0.25) is 0 Å². The van der Waals surface area contributed by atoms with E-state index >= 15 is 0 Å². The molecule has 0 aromatic heterocycles. The monoisotopic (exact) mass is 432 g/mol. The third-order valence-corrected chi connectivity index (χ3v) is 7.41. The van der Waals surface area contributed by atoms with Gasteiger partial charge in [0.15, 0.2) is 0 Å². The third kappa shape index (κ3) is 4.01. The van der Waals surface area contributed by atoms with E-state index in [4.69, 9.17) is 0 Å². The Morgan fingerprint density at radius 1 is 0.903 bits per heavy atom. The SMILES string of the molecule is O=C(C1CC1)N1CCc2cc(S(=O)(=O)NC(c3ccccc3)c3ccccc3)ccc21. The summed E-state index contributed by atoms with van der Waals surface area (Å²) in [5.74, 6) is 0.314. The zero-order valence-corrected chi connectivity index (χ0v) is 17.9. The molecule has 0 spiro atoms. The smallest absolute Gasteiger partial charge is 0.241 e. The minimum Gasteiger partial charge on any atom is -0.312 e. The van der Waals surface area contributed by atoms with Gasteiger partial charge in [-0.2, -0.15) is 4.72 Å². The number of nitrogens with one attached hydrogen (secondary N) is 1. The van der Waals surface area contributed by atoms with Crippen molar-refractivity contribution in [3.05, 3.63) is 95.6 Å². The van der Waals surface area contributed by atoms with Crippen molar-refractivity contribution in [1.82, 2.24) is 4.72 Å². The summed E-state index contributed by atoms with van der Waals surface area (Å²) in [5.41, 5.74) is 3.51. The molecule has 0 radical (unpaired) electrons. The summed E-state index contributed by atoms with van der Waals surface area (Å²) in [7, 11) is -3.77. The van der Waals surface area contributed by atoms with Crippen LogP contribution in [0, 0.1) is 5.92 Å². The summed E-state index contributed by atoms with van der Waals surface area (Å²) in [5, 5.41) is 0. The average molecular weight is 433 g/mol. The Labute approximate surface area is 182 Å². The van der Waals surface area contributed by atoms with Crippen LogP contribution in [0.3, 0.4) is 0 Å². The number of anilines is 1. The minimum absolute atomic E-state index is 0.147. The zero-order valence-electron chi connectivity index (χ0n) is 17.1. The minimum atomic E-state index is -3.77. The van der Waals surface area contributed by atoms with Gasteiger partial charge in [-0.25, -0.2) is 8.42 Å². The Morgan fingerprint density at radius 3 is 2.10 bits per heavy atom. The number of sulfonamides is 1. The predicted molar refractivity (Wildman–Crippen MR) is 120 cm³/mol. The first kappa shape index (κ1) is 20.0. The second kappa shape index (κ2) is 7.94. The van der Waals surface area contributed by atoms with Gasteiger partial charge in [-0.05, 0) is 54.2 Å². The maximum atomic E-state index is 13.3. The Morgan fingerprint density at radius 2 is 1.52 bits per heavy atom. The van der Waals surface area contributed by atoms with E-state index in [0.717, 1.165) is 35.2 Å². The quantitative estimate of drug-likeness (QED) is 0.639. The van der Waals surface area contributed by atoms with Gasteiger partial charge in [0, 0.05) is 18.2 Å². The highest BCUT2D eigenvalue weighted by molar-refractivity contribution is 7.89. The van der Waals surface area contributed by atoms with E-state index in [1.54, 1.807) is 18.2 Å². The lowest BCUT2D eigenvalue weighted by Gasteiger charge is -2.21. The molecule has 5 nitrogen and oxygen atoms in total. The highest BCUT2D eigenvalue weighted by atomic mass is 32.2. The van der Waals surface area contributed by atoms with Crippen LogP contribution in [-0.4, -0.2) is 20.9 Å². The third-order valence-electron chi connectivity index (χ3n) is 5.99. The second-order valence-corrected chi connectivity index (χ2v) is 9.89. The number of hydrogen-bond donors (Lipinski definition) is 1. The normalized spacial score (nSPS) is 15.8. The Balaban J connectivity index is 1.45. The Kier molecular flexibility index (Phi) is 5.12. The maximum Gasteiger partial charge on any atom is 0.241 e. The standard InChI is InChI=1S/C25H24N2O3S/c28-25(20-11-12-20)27-16-15-21-17-22(13-14-23(21)27)31(29,30)26-24(18-7-3-1-4-8-18)19-9-5-2-6-10-19/h1-10,13-14,17,20,24,26H,11-12,15-16H2. The van der Waals surface area contributed by atoms with Crippen LogP contribution in [0.5, 0.6) is 0 Å². The Hall–Kier alpha value is -2.96. The molecule has 1 aliphatic carbocycles. The molecule has 1 saturated carbocycles. The number of nitrogens with zero attached hydrogens (tertiary/aromatic N) is 1. The van der Waals surface area contributed by atoms with Gasteiger partial charge in [0.2, 0.25) is 15.9 Å². The molecule has 0 atom stereocenters. The number of rotatable bonds is 6. The predicted octanol–water partition coefficient (Wildman–Crippen LogP) is 4.05. The van der Waals surface area contributed by atoms with Crippen LogP contribution in [0.25, 0.3) is 0 Å². The first-order valence-corrected chi connectivity index (χ1v) is 12.1. The number of hydrogen-bond acceptors (Lipinski definition) is 3. The molecule has 5 rings (SSSR count). The lowest BCUT2D eigenvalue weighted by Crippen LogP contribution is -2.30. The molecule has 1 heterocycles. The van der Waals surface area contributed by atoms with Gasteiger partial charge in [-0.1, -0.05) is 60.7 Å². The fourth-order valence-corrected chi connectivity index (χ4v) is 5.43. The van der Waals surface area contributed by atoms with Gasteiger partial charge >= 0.3 is 0 Å². The van der Waals surface area contributed by atoms with Crippen molar-refractivity contribution < 1.29 is 13.2 Å². The summed E-state index contributed by atoms with van der Waals surface area (Å²) >= 11 is 0. The van der Waals surface area contributed by atoms with Crippen molar-refractivity contribution in [2.45, 2.75) is 30.2 Å². The topological polar surface area (TPSA) is 66.5 Å². The Bertz CT molecular complexity index is 1170. The number of benzene rings is 3. The highest BCUT2D eigenvalue weighted by Gasteiger charge is 2.37. The molecule has 0 saturated heterocycles. The fraction of sp³-hybridized carbons (Fsp3) is 0.240. The van der Waals surface area contributed by atoms with E-state index in [2.05, 4.69) is 4.72 Å². The summed E-state index contributed by atoms with van der Waals surface area (Å²) < 4.78 is 29.5. The van der Waals surface area contributed by atoms with Gasteiger partial charge in [0.1, 0.15) is 0 Å². The molecule has 31 heavy (non-hydrogen) atoms. The molecule has 0 bridgehead atoms. The summed E-state index contributed by atoms with van der Waals surface area (Å²) in [4.78, 5) is 14.5. The van der Waals surface area contributed by atoms with Crippen LogP contribution in [0.15, 0.2) is 83.8 Å². The molecule has 1 fully saturated rings. The molecule has 2 aliphatic rings. The van der Waals surface area contributed by atoms with Crippen molar-refractivity contribution in [2.75, 3.05) is 11.4 Å². The first-order chi connectivity index (χ1) is 15.0. The largest absolute Gasteiger partial charge is 0.312 e. The molecular formula is C25H24N2O3S. The number of fused-ring (bicyclic) bond motifs is 1. The first-order valence-electron chi connectivity index (χ1n) is 10.6. The molecule has 0 unspecified atom stereocenters. The van der Waals surface area contributed by atoms with Crippen molar-refractivity contribution in [3.63, 3.8) is 0 Å². The lowest BCUT2D eigenvalue weighted by molar-refractivity contribution is -0.119. The highest BCUT2D eigenvalue weighted by Crippen LogP contribution is 2.37. The van der Waals surface area contributed by atoms with Crippen molar-refractivity contribution in [2.24, 2.45) is 5.92 Å². The molecular weight excluding hydrogens is 408 g/mol. The van der Waals surface area contributed by atoms with Gasteiger partial charge in [0.05, 0.1) is 10.9 Å². The zero-order chi connectivity index (χ0) is 21.4. The van der Waals surface area contributed by atoms with Crippen molar-refractivity contribution in [1.29, 1.82) is 0 Å². The summed E-state index contributed by atoms with van der Waals surface area (Å²) in [6.45, 7) is 0.623. The molecule has 1 aliphatic heterocycles. The van der Waals surface area contributed by atoms with Crippen LogP contribution < -0.4 is 9.62 Å². The molecule has 3 aromatic rings. The van der Waals surface area contributed by atoms with Crippen LogP contribution in [0.1, 0.15) is 35.6 Å². The van der Waals surface area contributed by atoms with E-state index < -0.39 is 16.1 Å². The fourth-order valence-electron chi connectivity index (χ4n) is 4.17. The van der Waals surface area contributed by atoms with Gasteiger partial charge < -0.3 is 4.90 Å². The molecule has 3 aromatic carbocycles. The number of carbonyl (C=O) groups excluding carboxylic acids is 1. The van der Waals surface area contributed by atoms with Crippen LogP contribution in [0.4, 0.5) is 5.69 Å². The van der Waals surface area contributed by atoms with Crippen molar-refractivity contribution >= 4 is 21.6 Å². The summed E-state index contributed by atoms with van der Waals surface area (Å²) in [6.07, 6.45) is 2.60. The van der Waals surface area contributed by atoms with Gasteiger partial charge in [0.25, 0.3) is 0 Å². The van der Waals surface area contributed by atoms with Crippen molar-refractivity contribution in [3.8, 4) is 0 Å². The van der Waals surface area contributed by atoms with E-state index in [9.17, 15) is 13.2 Å².